The van der Waals surface area contributed by atoms with E-state index in [0.29, 0.717) is 46.7 Å². The smallest absolute Gasteiger partial charge is 0.230 e. The van der Waals surface area contributed by atoms with Crippen LogP contribution in [0.3, 0.4) is 0 Å². The van der Waals surface area contributed by atoms with Crippen LogP contribution >= 0.6 is 11.3 Å². The van der Waals surface area contributed by atoms with Crippen LogP contribution in [0.4, 0.5) is 10.1 Å². The molecular formula is C21H21FN2O3S. The zero-order valence-corrected chi connectivity index (χ0v) is 16.5. The predicted octanol–water partition coefficient (Wildman–Crippen LogP) is 4.93. The second kappa shape index (κ2) is 9.32. The van der Waals surface area contributed by atoms with E-state index in [4.69, 9.17) is 9.47 Å². The third-order valence-corrected chi connectivity index (χ3v) is 4.73. The number of thiazole rings is 1. The number of aromatic nitrogens is 1. The summed E-state index contributed by atoms with van der Waals surface area (Å²) in [5.41, 5.74) is 1.96. The van der Waals surface area contributed by atoms with Gasteiger partial charge in [-0.1, -0.05) is 12.1 Å². The van der Waals surface area contributed by atoms with E-state index in [1.54, 1.807) is 30.3 Å². The number of rotatable bonds is 8. The number of benzene rings is 2. The van der Waals surface area contributed by atoms with Gasteiger partial charge in [-0.05, 0) is 38.1 Å². The highest BCUT2D eigenvalue weighted by atomic mass is 32.1. The van der Waals surface area contributed by atoms with Gasteiger partial charge < -0.3 is 14.8 Å². The second-order valence-electron chi connectivity index (χ2n) is 5.91. The Labute approximate surface area is 167 Å². The molecule has 0 radical (unpaired) electrons. The summed E-state index contributed by atoms with van der Waals surface area (Å²) in [4.78, 5) is 16.8. The molecule has 0 bridgehead atoms. The van der Waals surface area contributed by atoms with E-state index in [1.165, 1.54) is 23.5 Å². The van der Waals surface area contributed by atoms with Crippen molar-refractivity contribution in [1.82, 2.24) is 4.98 Å². The first-order valence-electron chi connectivity index (χ1n) is 8.99. The van der Waals surface area contributed by atoms with Crippen LogP contribution in [0.25, 0.3) is 10.6 Å². The van der Waals surface area contributed by atoms with Gasteiger partial charge in [0.2, 0.25) is 5.91 Å². The fourth-order valence-corrected chi connectivity index (χ4v) is 3.46. The van der Waals surface area contributed by atoms with Crippen molar-refractivity contribution in [3.63, 3.8) is 0 Å². The van der Waals surface area contributed by atoms with E-state index in [2.05, 4.69) is 10.3 Å². The first kappa shape index (κ1) is 19.8. The lowest BCUT2D eigenvalue weighted by atomic mass is 10.2. The minimum absolute atomic E-state index is 0.128. The monoisotopic (exact) mass is 400 g/mol. The fourth-order valence-electron chi connectivity index (χ4n) is 2.64. The van der Waals surface area contributed by atoms with Crippen molar-refractivity contribution in [2.45, 2.75) is 20.3 Å². The number of halogens is 1. The summed E-state index contributed by atoms with van der Waals surface area (Å²) in [6.45, 7) is 4.82. The molecule has 146 valence electrons. The molecule has 3 rings (SSSR count). The Balaban J connectivity index is 1.66. The maximum absolute atomic E-state index is 13.4. The number of nitrogens with zero attached hydrogens (tertiary/aromatic N) is 1. The molecule has 2 aromatic carbocycles. The highest BCUT2D eigenvalue weighted by molar-refractivity contribution is 7.13. The van der Waals surface area contributed by atoms with Crippen molar-refractivity contribution in [2.24, 2.45) is 0 Å². The standard InChI is InChI=1S/C21H21FN2O3S/c1-3-26-18-9-8-16(11-19(18)27-4-2)23-20(25)12-17-13-28-21(24-17)14-6-5-7-15(22)10-14/h5-11,13H,3-4,12H2,1-2H3,(H,23,25). The summed E-state index contributed by atoms with van der Waals surface area (Å²) in [6, 6.07) is 11.5. The van der Waals surface area contributed by atoms with Gasteiger partial charge in [-0.25, -0.2) is 9.37 Å². The number of ether oxygens (including phenoxy) is 2. The molecule has 0 unspecified atom stereocenters. The Hall–Kier alpha value is -2.93. The Morgan fingerprint density at radius 1 is 1.11 bits per heavy atom. The van der Waals surface area contributed by atoms with E-state index >= 15 is 0 Å². The van der Waals surface area contributed by atoms with Crippen LogP contribution in [0.2, 0.25) is 0 Å². The third-order valence-electron chi connectivity index (χ3n) is 3.79. The van der Waals surface area contributed by atoms with E-state index in [0.717, 1.165) is 0 Å². The van der Waals surface area contributed by atoms with Crippen molar-refractivity contribution in [2.75, 3.05) is 18.5 Å². The maximum atomic E-state index is 13.4. The SMILES string of the molecule is CCOc1ccc(NC(=O)Cc2csc(-c3cccc(F)c3)n2)cc1OCC. The van der Waals surface area contributed by atoms with Gasteiger partial charge in [0.05, 0.1) is 25.3 Å². The van der Waals surface area contributed by atoms with Crippen molar-refractivity contribution in [3.05, 3.63) is 59.4 Å². The van der Waals surface area contributed by atoms with Gasteiger partial charge in [0, 0.05) is 22.7 Å². The molecule has 0 atom stereocenters. The predicted molar refractivity (Wildman–Crippen MR) is 109 cm³/mol. The maximum Gasteiger partial charge on any atom is 0.230 e. The molecule has 0 fully saturated rings. The van der Waals surface area contributed by atoms with Crippen molar-refractivity contribution < 1.29 is 18.7 Å². The number of anilines is 1. The Morgan fingerprint density at radius 2 is 1.89 bits per heavy atom. The molecule has 0 aliphatic rings. The van der Waals surface area contributed by atoms with Crippen LogP contribution in [-0.4, -0.2) is 24.1 Å². The number of nitrogens with one attached hydrogen (secondary N) is 1. The molecule has 1 heterocycles. The summed E-state index contributed by atoms with van der Waals surface area (Å²) < 4.78 is 24.5. The van der Waals surface area contributed by atoms with Crippen molar-refractivity contribution in [1.29, 1.82) is 0 Å². The van der Waals surface area contributed by atoms with Crippen molar-refractivity contribution >= 4 is 22.9 Å². The average molecular weight is 400 g/mol. The van der Waals surface area contributed by atoms with Crippen LogP contribution in [-0.2, 0) is 11.2 Å². The summed E-state index contributed by atoms with van der Waals surface area (Å²) in [7, 11) is 0. The zero-order chi connectivity index (χ0) is 19.9. The number of hydrogen-bond donors (Lipinski definition) is 1. The molecule has 5 nitrogen and oxygen atoms in total. The summed E-state index contributed by atoms with van der Waals surface area (Å²) in [5, 5.41) is 5.34. The van der Waals surface area contributed by atoms with Crippen LogP contribution in [0.5, 0.6) is 11.5 Å². The van der Waals surface area contributed by atoms with Gasteiger partial charge in [0.15, 0.2) is 11.5 Å². The Bertz CT molecular complexity index is 958. The summed E-state index contributed by atoms with van der Waals surface area (Å²) in [6.07, 6.45) is 0.128. The van der Waals surface area contributed by atoms with E-state index in [-0.39, 0.29) is 18.1 Å². The largest absolute Gasteiger partial charge is 0.490 e. The fraction of sp³-hybridized carbons (Fsp3) is 0.238. The van der Waals surface area contributed by atoms with Gasteiger partial charge in [-0.15, -0.1) is 11.3 Å². The van der Waals surface area contributed by atoms with Gasteiger partial charge >= 0.3 is 0 Å². The van der Waals surface area contributed by atoms with Gasteiger partial charge in [-0.2, -0.15) is 0 Å². The summed E-state index contributed by atoms with van der Waals surface area (Å²) in [5.74, 6) is 0.723. The molecule has 1 amide bonds. The molecular weight excluding hydrogens is 379 g/mol. The molecule has 0 saturated carbocycles. The first-order valence-corrected chi connectivity index (χ1v) is 9.86. The number of carbonyl (C=O) groups is 1. The van der Waals surface area contributed by atoms with Gasteiger partial charge in [0.1, 0.15) is 10.8 Å². The highest BCUT2D eigenvalue weighted by Crippen LogP contribution is 2.31. The van der Waals surface area contributed by atoms with Gasteiger partial charge in [0.25, 0.3) is 0 Å². The quantitative estimate of drug-likeness (QED) is 0.583. The van der Waals surface area contributed by atoms with E-state index < -0.39 is 0 Å². The molecule has 1 aromatic heterocycles. The first-order chi connectivity index (χ1) is 13.6. The van der Waals surface area contributed by atoms with Crippen molar-refractivity contribution in [3.8, 4) is 22.1 Å². The molecule has 0 aliphatic carbocycles. The molecule has 3 aromatic rings. The zero-order valence-electron chi connectivity index (χ0n) is 15.7. The molecule has 1 N–H and O–H groups in total. The molecule has 0 saturated heterocycles. The van der Waals surface area contributed by atoms with Crippen LogP contribution in [0, 0.1) is 5.82 Å². The normalized spacial score (nSPS) is 10.5. The molecule has 0 spiro atoms. The van der Waals surface area contributed by atoms with E-state index in [9.17, 15) is 9.18 Å². The lowest BCUT2D eigenvalue weighted by Crippen LogP contribution is -2.14. The minimum Gasteiger partial charge on any atom is -0.490 e. The van der Waals surface area contributed by atoms with Crippen LogP contribution < -0.4 is 14.8 Å². The van der Waals surface area contributed by atoms with Crippen LogP contribution in [0.1, 0.15) is 19.5 Å². The second-order valence-corrected chi connectivity index (χ2v) is 6.76. The third kappa shape index (κ3) is 5.07. The lowest BCUT2D eigenvalue weighted by molar-refractivity contribution is -0.115. The molecule has 0 aliphatic heterocycles. The highest BCUT2D eigenvalue weighted by Gasteiger charge is 2.12. The molecule has 7 heteroatoms. The lowest BCUT2D eigenvalue weighted by Gasteiger charge is -2.12. The minimum atomic E-state index is -0.312. The number of hydrogen-bond acceptors (Lipinski definition) is 5. The topological polar surface area (TPSA) is 60.5 Å². The van der Waals surface area contributed by atoms with Crippen LogP contribution in [0.15, 0.2) is 47.8 Å². The summed E-state index contributed by atoms with van der Waals surface area (Å²) >= 11 is 1.38. The Kier molecular flexibility index (Phi) is 6.60. The Morgan fingerprint density at radius 3 is 2.64 bits per heavy atom. The molecule has 28 heavy (non-hydrogen) atoms. The van der Waals surface area contributed by atoms with E-state index in [1.807, 2.05) is 19.2 Å². The number of amides is 1. The van der Waals surface area contributed by atoms with Gasteiger partial charge in [-0.3, -0.25) is 4.79 Å². The average Bonchev–Trinajstić information content (AvgIpc) is 3.12. The number of carbonyl (C=O) groups excluding carboxylic acids is 1.